The third-order valence-electron chi connectivity index (χ3n) is 4.38. The van der Waals surface area contributed by atoms with Crippen molar-refractivity contribution >= 4 is 23.4 Å². The van der Waals surface area contributed by atoms with Crippen LogP contribution >= 0.6 is 12.4 Å². The van der Waals surface area contributed by atoms with Crippen LogP contribution in [0, 0.1) is 6.92 Å². The van der Waals surface area contributed by atoms with E-state index in [2.05, 4.69) is 22.3 Å². The fraction of sp³-hybridized carbons (Fsp3) is 0.471. The highest BCUT2D eigenvalue weighted by Gasteiger charge is 2.18. The third kappa shape index (κ3) is 3.69. The summed E-state index contributed by atoms with van der Waals surface area (Å²) >= 11 is 0. The molecule has 0 unspecified atom stereocenters. The molecule has 2 heterocycles. The molecule has 1 aliphatic heterocycles. The van der Waals surface area contributed by atoms with Gasteiger partial charge < -0.3 is 9.73 Å². The number of nitrogens with one attached hydrogen (secondary N) is 1. The van der Waals surface area contributed by atoms with Crippen LogP contribution in [0.15, 0.2) is 33.5 Å². The molecule has 1 fully saturated rings. The number of rotatable bonds is 3. The molecule has 0 amide bonds. The number of fused-ring (bicyclic) bond motifs is 1. The van der Waals surface area contributed by atoms with E-state index in [1.165, 1.54) is 0 Å². The first-order valence-corrected chi connectivity index (χ1v) is 7.59. The first-order chi connectivity index (χ1) is 10.2. The first-order valence-electron chi connectivity index (χ1n) is 7.59. The lowest BCUT2D eigenvalue weighted by Gasteiger charge is -2.31. The van der Waals surface area contributed by atoms with Crippen LogP contribution in [0.4, 0.5) is 0 Å². The van der Waals surface area contributed by atoms with Crippen LogP contribution in [-0.4, -0.2) is 31.1 Å². The summed E-state index contributed by atoms with van der Waals surface area (Å²) in [6.07, 6.45) is 2.32. The zero-order valence-electron chi connectivity index (χ0n) is 13.1. The van der Waals surface area contributed by atoms with Crippen LogP contribution in [0.2, 0.25) is 0 Å². The second-order valence-corrected chi connectivity index (χ2v) is 5.93. The fourth-order valence-corrected chi connectivity index (χ4v) is 3.09. The highest BCUT2D eigenvalue weighted by molar-refractivity contribution is 5.85. The predicted molar refractivity (Wildman–Crippen MR) is 91.8 cm³/mol. The molecule has 1 aromatic heterocycles. The van der Waals surface area contributed by atoms with E-state index in [4.69, 9.17) is 4.42 Å². The Kier molecular flexibility index (Phi) is 5.62. The van der Waals surface area contributed by atoms with Gasteiger partial charge in [0.25, 0.3) is 0 Å². The second kappa shape index (κ2) is 7.27. The van der Waals surface area contributed by atoms with Gasteiger partial charge in [-0.3, -0.25) is 4.90 Å². The Hall–Kier alpha value is -1.36. The maximum atomic E-state index is 11.8. The van der Waals surface area contributed by atoms with Gasteiger partial charge in [-0.25, -0.2) is 4.79 Å². The Morgan fingerprint density at radius 1 is 1.27 bits per heavy atom. The van der Waals surface area contributed by atoms with Crippen molar-refractivity contribution in [3.63, 3.8) is 0 Å². The summed E-state index contributed by atoms with van der Waals surface area (Å²) in [5.41, 5.74) is 2.62. The van der Waals surface area contributed by atoms with Gasteiger partial charge in [0.1, 0.15) is 5.58 Å². The quantitative estimate of drug-likeness (QED) is 0.883. The molecule has 0 aliphatic carbocycles. The molecule has 0 atom stereocenters. The SMILES string of the molecule is CNC1CCN(Cc2cc(=O)oc3cc(C)ccc23)CC1.Cl. The molecule has 120 valence electrons. The number of aryl methyl sites for hydroxylation is 1. The number of hydrogen-bond acceptors (Lipinski definition) is 4. The van der Waals surface area contributed by atoms with E-state index in [1.54, 1.807) is 6.07 Å². The number of halogens is 1. The minimum Gasteiger partial charge on any atom is -0.423 e. The minimum absolute atomic E-state index is 0. The van der Waals surface area contributed by atoms with Crippen molar-refractivity contribution in [3.05, 3.63) is 45.8 Å². The van der Waals surface area contributed by atoms with Crippen LogP contribution in [-0.2, 0) is 6.54 Å². The zero-order valence-corrected chi connectivity index (χ0v) is 13.9. The van der Waals surface area contributed by atoms with E-state index in [-0.39, 0.29) is 18.0 Å². The van der Waals surface area contributed by atoms with Crippen molar-refractivity contribution in [1.82, 2.24) is 10.2 Å². The Balaban J connectivity index is 0.00000176. The summed E-state index contributed by atoms with van der Waals surface area (Å²) < 4.78 is 5.32. The molecule has 0 radical (unpaired) electrons. The normalized spacial score (nSPS) is 16.6. The lowest BCUT2D eigenvalue weighted by Crippen LogP contribution is -2.40. The third-order valence-corrected chi connectivity index (χ3v) is 4.38. The van der Waals surface area contributed by atoms with Crippen molar-refractivity contribution in [2.75, 3.05) is 20.1 Å². The summed E-state index contributed by atoms with van der Waals surface area (Å²) in [6.45, 7) is 4.97. The molecule has 1 aliphatic rings. The van der Waals surface area contributed by atoms with Crippen LogP contribution in [0.3, 0.4) is 0 Å². The summed E-state index contributed by atoms with van der Waals surface area (Å²) in [6, 6.07) is 8.33. The highest BCUT2D eigenvalue weighted by atomic mass is 35.5. The lowest BCUT2D eigenvalue weighted by molar-refractivity contribution is 0.195. The molecule has 1 N–H and O–H groups in total. The van der Waals surface area contributed by atoms with Crippen molar-refractivity contribution in [2.24, 2.45) is 0 Å². The van der Waals surface area contributed by atoms with Crippen molar-refractivity contribution < 1.29 is 4.42 Å². The van der Waals surface area contributed by atoms with Crippen molar-refractivity contribution in [1.29, 1.82) is 0 Å². The molecule has 4 nitrogen and oxygen atoms in total. The molecule has 22 heavy (non-hydrogen) atoms. The molecule has 0 saturated carbocycles. The maximum Gasteiger partial charge on any atom is 0.336 e. The van der Waals surface area contributed by atoms with E-state index in [0.29, 0.717) is 11.6 Å². The molecule has 1 aromatic carbocycles. The molecule has 3 rings (SSSR count). The molecular weight excluding hydrogens is 300 g/mol. The van der Waals surface area contributed by atoms with Crippen molar-refractivity contribution in [2.45, 2.75) is 32.4 Å². The van der Waals surface area contributed by atoms with E-state index < -0.39 is 0 Å². The first kappa shape index (κ1) is 17.0. The maximum absolute atomic E-state index is 11.8. The standard InChI is InChI=1S/C17H22N2O2.ClH/c1-12-3-4-15-13(10-17(20)21-16(15)9-12)11-19-7-5-14(18-2)6-8-19;/h3-4,9-10,14,18H,5-8,11H2,1-2H3;1H. The lowest BCUT2D eigenvalue weighted by atomic mass is 10.0. The topological polar surface area (TPSA) is 45.5 Å². The van der Waals surface area contributed by atoms with Crippen molar-refractivity contribution in [3.8, 4) is 0 Å². The van der Waals surface area contributed by atoms with Crippen LogP contribution in [0.5, 0.6) is 0 Å². The fourth-order valence-electron chi connectivity index (χ4n) is 3.09. The van der Waals surface area contributed by atoms with Gasteiger partial charge in [0.15, 0.2) is 0 Å². The Morgan fingerprint density at radius 3 is 2.68 bits per heavy atom. The van der Waals surface area contributed by atoms with Crippen LogP contribution < -0.4 is 10.9 Å². The Morgan fingerprint density at radius 2 is 2.00 bits per heavy atom. The average Bonchev–Trinajstić information content (AvgIpc) is 2.47. The molecule has 0 bridgehead atoms. The second-order valence-electron chi connectivity index (χ2n) is 5.93. The molecular formula is C17H23ClN2O2. The number of nitrogens with zero attached hydrogens (tertiary/aromatic N) is 1. The summed E-state index contributed by atoms with van der Waals surface area (Å²) in [5, 5.41) is 4.39. The van der Waals surface area contributed by atoms with Crippen LogP contribution in [0.1, 0.15) is 24.0 Å². The van der Waals surface area contributed by atoms with Gasteiger partial charge in [0.2, 0.25) is 0 Å². The number of likely N-dealkylation sites (tertiary alicyclic amines) is 1. The van der Waals surface area contributed by atoms with Gasteiger partial charge in [-0.1, -0.05) is 12.1 Å². The molecule has 0 spiro atoms. The van der Waals surface area contributed by atoms with Gasteiger partial charge in [-0.2, -0.15) is 0 Å². The summed E-state index contributed by atoms with van der Waals surface area (Å²) in [7, 11) is 2.03. The number of piperidine rings is 1. The van der Waals surface area contributed by atoms with E-state index in [0.717, 1.165) is 49.0 Å². The zero-order chi connectivity index (χ0) is 14.8. The molecule has 5 heteroatoms. The van der Waals surface area contributed by atoms with E-state index in [1.807, 2.05) is 20.0 Å². The van der Waals surface area contributed by atoms with Gasteiger partial charge in [-0.15, -0.1) is 12.4 Å². The van der Waals surface area contributed by atoms with E-state index in [9.17, 15) is 4.79 Å². The van der Waals surface area contributed by atoms with Gasteiger partial charge >= 0.3 is 5.63 Å². The van der Waals surface area contributed by atoms with Gasteiger partial charge in [0, 0.05) is 24.0 Å². The molecule has 1 saturated heterocycles. The van der Waals surface area contributed by atoms with Gasteiger partial charge in [0.05, 0.1) is 0 Å². The number of hydrogen-bond donors (Lipinski definition) is 1. The average molecular weight is 323 g/mol. The number of benzene rings is 1. The highest BCUT2D eigenvalue weighted by Crippen LogP contribution is 2.21. The molecule has 2 aromatic rings. The van der Waals surface area contributed by atoms with Crippen LogP contribution in [0.25, 0.3) is 11.0 Å². The largest absolute Gasteiger partial charge is 0.423 e. The Labute approximate surface area is 136 Å². The summed E-state index contributed by atoms with van der Waals surface area (Å²) in [4.78, 5) is 14.2. The van der Waals surface area contributed by atoms with Gasteiger partial charge in [-0.05, 0) is 57.1 Å². The minimum atomic E-state index is -0.256. The predicted octanol–water partition coefficient (Wildman–Crippen LogP) is 2.71. The Bertz CT molecular complexity index is 691. The summed E-state index contributed by atoms with van der Waals surface area (Å²) in [5.74, 6) is 0. The van der Waals surface area contributed by atoms with E-state index >= 15 is 0 Å². The smallest absolute Gasteiger partial charge is 0.336 e. The monoisotopic (exact) mass is 322 g/mol.